The average molecular weight is 363 g/mol. The van der Waals surface area contributed by atoms with Crippen molar-refractivity contribution in [2.75, 3.05) is 10.6 Å². The number of nitrogens with one attached hydrogen (secondary N) is 2. The van der Waals surface area contributed by atoms with Crippen LogP contribution in [0.15, 0.2) is 4.60 Å². The first-order chi connectivity index (χ1) is 9.51. The fourth-order valence-corrected chi connectivity index (χ4v) is 1.98. The minimum Gasteiger partial charge on any atom is -0.465 e. The van der Waals surface area contributed by atoms with Crippen molar-refractivity contribution in [2.45, 2.75) is 46.3 Å². The van der Waals surface area contributed by atoms with Gasteiger partial charge in [0.1, 0.15) is 11.3 Å². The molecular weight excluding hydrogens is 344 g/mol. The summed E-state index contributed by atoms with van der Waals surface area (Å²) in [6.45, 7) is 8.87. The van der Waals surface area contributed by atoms with Gasteiger partial charge in [0.05, 0.1) is 0 Å². The van der Waals surface area contributed by atoms with Gasteiger partial charge in [-0.25, -0.2) is 14.3 Å². The molecule has 8 nitrogen and oxygen atoms in total. The van der Waals surface area contributed by atoms with E-state index in [9.17, 15) is 9.59 Å². The normalized spacial score (nSPS) is 11.4. The Morgan fingerprint density at radius 2 is 1.90 bits per heavy atom. The number of halogens is 1. The van der Waals surface area contributed by atoms with Crippen LogP contribution >= 0.6 is 15.9 Å². The Morgan fingerprint density at radius 3 is 2.33 bits per heavy atom. The first-order valence-electron chi connectivity index (χ1n) is 6.29. The van der Waals surface area contributed by atoms with E-state index < -0.39 is 17.8 Å². The summed E-state index contributed by atoms with van der Waals surface area (Å²) in [5.74, 6) is 0.162. The molecule has 0 aliphatic rings. The van der Waals surface area contributed by atoms with Gasteiger partial charge in [-0.3, -0.25) is 10.6 Å². The zero-order valence-electron chi connectivity index (χ0n) is 12.5. The summed E-state index contributed by atoms with van der Waals surface area (Å²) < 4.78 is 6.90. The standard InChI is InChI=1S/C12H19BrN4O4/c1-6(2)17-9(15-10(18)19)7(8(13)16-17)14-11(20)21-12(3,4)5/h6,15H,1-5H3,(H,14,20)(H,18,19). The topological polar surface area (TPSA) is 105 Å². The number of hydrogen-bond acceptors (Lipinski definition) is 4. The summed E-state index contributed by atoms with van der Waals surface area (Å²) >= 11 is 3.20. The molecular formula is C12H19BrN4O4. The van der Waals surface area contributed by atoms with E-state index in [1.165, 1.54) is 4.68 Å². The lowest BCUT2D eigenvalue weighted by Gasteiger charge is -2.20. The molecule has 0 aliphatic carbocycles. The molecule has 9 heteroatoms. The van der Waals surface area contributed by atoms with Crippen LogP contribution in [0.25, 0.3) is 0 Å². The zero-order chi connectivity index (χ0) is 16.4. The Labute approximate surface area is 131 Å². The van der Waals surface area contributed by atoms with Crippen molar-refractivity contribution in [3.05, 3.63) is 4.60 Å². The van der Waals surface area contributed by atoms with Crippen molar-refractivity contribution in [3.8, 4) is 0 Å². The Hall–Kier alpha value is -1.77. The number of aromatic nitrogens is 2. The number of ether oxygens (including phenoxy) is 1. The van der Waals surface area contributed by atoms with Crippen molar-refractivity contribution in [1.29, 1.82) is 0 Å². The van der Waals surface area contributed by atoms with E-state index in [0.29, 0.717) is 4.60 Å². The number of carbonyl (C=O) groups is 2. The summed E-state index contributed by atoms with van der Waals surface area (Å²) in [5, 5.41) is 17.8. The van der Waals surface area contributed by atoms with Crippen LogP contribution in [0.2, 0.25) is 0 Å². The summed E-state index contributed by atoms with van der Waals surface area (Å²) in [5.41, 5.74) is -0.453. The highest BCUT2D eigenvalue weighted by atomic mass is 79.9. The first kappa shape index (κ1) is 17.3. The second-order valence-corrected chi connectivity index (χ2v) is 6.36. The molecule has 118 valence electrons. The number of rotatable bonds is 3. The second kappa shape index (κ2) is 6.33. The smallest absolute Gasteiger partial charge is 0.412 e. The van der Waals surface area contributed by atoms with Crippen molar-refractivity contribution in [2.24, 2.45) is 0 Å². The van der Waals surface area contributed by atoms with Crippen LogP contribution in [0.3, 0.4) is 0 Å². The largest absolute Gasteiger partial charge is 0.465 e. The van der Waals surface area contributed by atoms with E-state index in [2.05, 4.69) is 31.7 Å². The molecule has 1 aromatic rings. The number of anilines is 2. The molecule has 3 N–H and O–H groups in total. The highest BCUT2D eigenvalue weighted by molar-refractivity contribution is 9.10. The molecule has 21 heavy (non-hydrogen) atoms. The van der Waals surface area contributed by atoms with Gasteiger partial charge in [0, 0.05) is 6.04 Å². The minimum atomic E-state index is -1.25. The second-order valence-electron chi connectivity index (χ2n) is 5.61. The number of nitrogens with zero attached hydrogens (tertiary/aromatic N) is 2. The van der Waals surface area contributed by atoms with Gasteiger partial charge in [-0.05, 0) is 50.5 Å². The molecule has 1 aromatic heterocycles. The van der Waals surface area contributed by atoms with Gasteiger partial charge >= 0.3 is 12.2 Å². The van der Waals surface area contributed by atoms with Gasteiger partial charge in [-0.2, -0.15) is 5.10 Å². The Kier molecular flexibility index (Phi) is 5.21. The summed E-state index contributed by atoms with van der Waals surface area (Å²) in [4.78, 5) is 22.7. The number of amides is 2. The van der Waals surface area contributed by atoms with Crippen LogP contribution in [-0.2, 0) is 4.74 Å². The molecule has 0 bridgehead atoms. The first-order valence-corrected chi connectivity index (χ1v) is 7.08. The van der Waals surface area contributed by atoms with Crippen molar-refractivity contribution in [3.63, 3.8) is 0 Å². The average Bonchev–Trinajstić information content (AvgIpc) is 2.54. The van der Waals surface area contributed by atoms with Crippen LogP contribution in [0.5, 0.6) is 0 Å². The molecule has 0 aromatic carbocycles. The van der Waals surface area contributed by atoms with Gasteiger partial charge < -0.3 is 9.84 Å². The van der Waals surface area contributed by atoms with Gasteiger partial charge in [0.15, 0.2) is 10.4 Å². The molecule has 0 spiro atoms. The lowest BCUT2D eigenvalue weighted by atomic mass is 10.2. The Bertz CT molecular complexity index is 548. The van der Waals surface area contributed by atoms with Crippen LogP contribution in [0, 0.1) is 0 Å². The molecule has 0 unspecified atom stereocenters. The maximum Gasteiger partial charge on any atom is 0.412 e. The van der Waals surface area contributed by atoms with Crippen molar-refractivity contribution < 1.29 is 19.4 Å². The Balaban J connectivity index is 3.10. The number of carbonyl (C=O) groups excluding carboxylic acids is 1. The fourth-order valence-electron chi connectivity index (χ4n) is 1.52. The third-order valence-corrected chi connectivity index (χ3v) is 2.76. The van der Waals surface area contributed by atoms with Gasteiger partial charge in [-0.15, -0.1) is 0 Å². The number of hydrogen-bond donors (Lipinski definition) is 3. The molecule has 2 amide bonds. The molecule has 1 heterocycles. The predicted molar refractivity (Wildman–Crippen MR) is 81.8 cm³/mol. The van der Waals surface area contributed by atoms with E-state index in [-0.39, 0.29) is 17.5 Å². The summed E-state index contributed by atoms with van der Waals surface area (Å²) in [7, 11) is 0. The van der Waals surface area contributed by atoms with Crippen molar-refractivity contribution in [1.82, 2.24) is 9.78 Å². The molecule has 0 fully saturated rings. The highest BCUT2D eigenvalue weighted by Crippen LogP contribution is 2.33. The van der Waals surface area contributed by atoms with E-state index in [1.807, 2.05) is 13.8 Å². The Morgan fingerprint density at radius 1 is 1.33 bits per heavy atom. The minimum absolute atomic E-state index is 0.0997. The molecule has 0 saturated carbocycles. The summed E-state index contributed by atoms with van der Waals surface area (Å²) in [6.07, 6.45) is -1.95. The van der Waals surface area contributed by atoms with Crippen molar-refractivity contribution >= 4 is 39.6 Å². The maximum atomic E-state index is 11.8. The third-order valence-electron chi connectivity index (χ3n) is 2.21. The lowest BCUT2D eigenvalue weighted by Crippen LogP contribution is -2.27. The van der Waals surface area contributed by atoms with Crippen LogP contribution in [0.4, 0.5) is 21.1 Å². The zero-order valence-corrected chi connectivity index (χ0v) is 14.1. The van der Waals surface area contributed by atoms with Gasteiger partial charge in [0.2, 0.25) is 0 Å². The van der Waals surface area contributed by atoms with Gasteiger partial charge in [-0.1, -0.05) is 0 Å². The molecule has 1 rings (SSSR count). The van der Waals surface area contributed by atoms with Crippen LogP contribution in [-0.4, -0.2) is 32.7 Å². The van der Waals surface area contributed by atoms with E-state index >= 15 is 0 Å². The van der Waals surface area contributed by atoms with Crippen LogP contribution < -0.4 is 10.6 Å². The van der Waals surface area contributed by atoms with E-state index in [4.69, 9.17) is 9.84 Å². The molecule has 0 aliphatic heterocycles. The fraction of sp³-hybridized carbons (Fsp3) is 0.583. The number of carboxylic acid groups (broad SMARTS) is 1. The molecule has 0 radical (unpaired) electrons. The maximum absolute atomic E-state index is 11.8. The lowest BCUT2D eigenvalue weighted by molar-refractivity contribution is 0.0635. The van der Waals surface area contributed by atoms with Crippen LogP contribution in [0.1, 0.15) is 40.7 Å². The highest BCUT2D eigenvalue weighted by Gasteiger charge is 2.24. The quantitative estimate of drug-likeness (QED) is 0.760. The third kappa shape index (κ3) is 4.92. The SMILES string of the molecule is CC(C)n1nc(Br)c(NC(=O)OC(C)(C)C)c1NC(=O)O. The van der Waals surface area contributed by atoms with E-state index in [0.717, 1.165) is 0 Å². The molecule has 0 atom stereocenters. The molecule has 0 saturated heterocycles. The van der Waals surface area contributed by atoms with Gasteiger partial charge in [0.25, 0.3) is 0 Å². The monoisotopic (exact) mass is 362 g/mol. The summed E-state index contributed by atoms with van der Waals surface area (Å²) in [6, 6.07) is -0.0997. The van der Waals surface area contributed by atoms with E-state index in [1.54, 1.807) is 20.8 Å². The predicted octanol–water partition coefficient (Wildman–Crippen LogP) is 3.66.